The van der Waals surface area contributed by atoms with E-state index in [1.807, 2.05) is 12.1 Å². The van der Waals surface area contributed by atoms with Gasteiger partial charge in [0.05, 0.1) is 0 Å². The van der Waals surface area contributed by atoms with Gasteiger partial charge in [0.25, 0.3) is 0 Å². The molecule has 1 heteroatoms. The van der Waals surface area contributed by atoms with Gasteiger partial charge in [0.2, 0.25) is 0 Å². The Morgan fingerprint density at radius 2 is 1.53 bits per heavy atom. The molecule has 3 aliphatic carbocycles. The summed E-state index contributed by atoms with van der Waals surface area (Å²) < 4.78 is 0. The van der Waals surface area contributed by atoms with Gasteiger partial charge in [0, 0.05) is 0 Å². The molecule has 1 N–H and O–H groups in total. The third-order valence-corrected chi connectivity index (χ3v) is 3.64. The standard InChI is InChI=1S/C12H14O.C6H4/c13-12-8-6-11(7-9-12)10-4-2-1-3-5-10;1-2-5-4-6(5)3-1/h4,6-9,13H,1-3,5H2;1-4H. The maximum absolute atomic E-state index is 9.14. The van der Waals surface area contributed by atoms with Crippen LogP contribution < -0.4 is 0 Å². The zero-order valence-electron chi connectivity index (χ0n) is 11.0. The largest absolute Gasteiger partial charge is 0.508 e. The molecule has 4 rings (SSSR count). The zero-order chi connectivity index (χ0) is 13.1. The highest BCUT2D eigenvalue weighted by Gasteiger charge is 2.07. The summed E-state index contributed by atoms with van der Waals surface area (Å²) >= 11 is 0. The highest BCUT2D eigenvalue weighted by Crippen LogP contribution is 2.32. The molecule has 0 spiro atoms. The number of hydrogen-bond donors (Lipinski definition) is 1. The predicted molar refractivity (Wildman–Crippen MR) is 80.0 cm³/mol. The minimum atomic E-state index is 0.347. The van der Waals surface area contributed by atoms with E-state index in [1.165, 1.54) is 47.9 Å². The van der Waals surface area contributed by atoms with E-state index in [0.29, 0.717) is 5.75 Å². The molecule has 1 nitrogen and oxygen atoms in total. The van der Waals surface area contributed by atoms with Crippen molar-refractivity contribution in [2.24, 2.45) is 0 Å². The Kier molecular flexibility index (Phi) is 3.37. The smallest absolute Gasteiger partial charge is 0.115 e. The van der Waals surface area contributed by atoms with Crippen LogP contribution in [-0.2, 0) is 0 Å². The molecule has 0 aliphatic heterocycles. The van der Waals surface area contributed by atoms with E-state index in [0.717, 1.165) is 0 Å². The van der Waals surface area contributed by atoms with Crippen molar-refractivity contribution >= 4 is 5.57 Å². The van der Waals surface area contributed by atoms with E-state index in [9.17, 15) is 0 Å². The fraction of sp³-hybridized carbons (Fsp3) is 0.222. The summed E-state index contributed by atoms with van der Waals surface area (Å²) in [6.07, 6.45) is 7.32. The summed E-state index contributed by atoms with van der Waals surface area (Å²) in [5.74, 6) is 0.347. The van der Waals surface area contributed by atoms with Crippen LogP contribution in [0.25, 0.3) is 16.7 Å². The van der Waals surface area contributed by atoms with Crippen LogP contribution >= 0.6 is 0 Å². The van der Waals surface area contributed by atoms with Gasteiger partial charge in [-0.15, -0.1) is 0 Å². The number of rotatable bonds is 1. The summed E-state index contributed by atoms with van der Waals surface area (Å²) in [6, 6.07) is 16.0. The van der Waals surface area contributed by atoms with Crippen LogP contribution in [0.3, 0.4) is 0 Å². The van der Waals surface area contributed by atoms with Crippen LogP contribution in [0.5, 0.6) is 5.75 Å². The lowest BCUT2D eigenvalue weighted by Gasteiger charge is -2.12. The van der Waals surface area contributed by atoms with E-state index in [1.54, 1.807) is 12.1 Å². The predicted octanol–water partition coefficient (Wildman–Crippen LogP) is 5.02. The van der Waals surface area contributed by atoms with Crippen LogP contribution in [0.4, 0.5) is 0 Å². The van der Waals surface area contributed by atoms with Gasteiger partial charge in [-0.1, -0.05) is 36.4 Å². The molecule has 1 aromatic carbocycles. The molecule has 0 aromatic heterocycles. The van der Waals surface area contributed by atoms with Crippen molar-refractivity contribution in [2.75, 3.05) is 0 Å². The number of phenolic OH excluding ortho intramolecular Hbond substituents is 1. The quantitative estimate of drug-likeness (QED) is 0.643. The second-order valence-electron chi connectivity index (χ2n) is 5.10. The van der Waals surface area contributed by atoms with Crippen molar-refractivity contribution in [3.05, 3.63) is 60.2 Å². The summed E-state index contributed by atoms with van der Waals surface area (Å²) in [5, 5.41) is 9.14. The molecule has 96 valence electrons. The number of aromatic hydroxyl groups is 1. The van der Waals surface area contributed by atoms with Crippen molar-refractivity contribution in [1.82, 2.24) is 0 Å². The first-order valence-electron chi connectivity index (χ1n) is 6.92. The fourth-order valence-electron chi connectivity index (χ4n) is 2.45. The molecule has 19 heavy (non-hydrogen) atoms. The number of benzene rings is 2. The second-order valence-corrected chi connectivity index (χ2v) is 5.10. The normalized spacial score (nSPS) is 15.1. The van der Waals surface area contributed by atoms with E-state index >= 15 is 0 Å². The minimum Gasteiger partial charge on any atom is -0.508 e. The van der Waals surface area contributed by atoms with Gasteiger partial charge < -0.3 is 5.11 Å². The van der Waals surface area contributed by atoms with Gasteiger partial charge in [-0.05, 0) is 66.1 Å². The molecular formula is C18H18O. The van der Waals surface area contributed by atoms with E-state index in [4.69, 9.17) is 5.11 Å². The van der Waals surface area contributed by atoms with Gasteiger partial charge in [0.15, 0.2) is 0 Å². The Labute approximate surface area is 114 Å². The van der Waals surface area contributed by atoms with E-state index < -0.39 is 0 Å². The van der Waals surface area contributed by atoms with Gasteiger partial charge in [-0.3, -0.25) is 0 Å². The summed E-state index contributed by atoms with van der Waals surface area (Å²) in [4.78, 5) is 0. The lowest BCUT2D eigenvalue weighted by molar-refractivity contribution is 0.475. The molecule has 3 aliphatic rings. The highest BCUT2D eigenvalue weighted by atomic mass is 16.3. The molecule has 0 saturated carbocycles. The van der Waals surface area contributed by atoms with Crippen LogP contribution in [0.15, 0.2) is 54.6 Å². The Morgan fingerprint density at radius 1 is 0.789 bits per heavy atom. The van der Waals surface area contributed by atoms with Crippen LogP contribution in [0.2, 0.25) is 0 Å². The average Bonchev–Trinajstić information content (AvgIpc) is 3.07. The molecule has 0 heterocycles. The molecule has 0 radical (unpaired) electrons. The maximum Gasteiger partial charge on any atom is 0.115 e. The number of hydrogen-bond acceptors (Lipinski definition) is 1. The first-order chi connectivity index (χ1) is 9.33. The fourth-order valence-corrected chi connectivity index (χ4v) is 2.45. The highest BCUT2D eigenvalue weighted by molar-refractivity contribution is 5.80. The number of fused-ring (bicyclic) bond motifs is 1. The van der Waals surface area contributed by atoms with Crippen molar-refractivity contribution in [2.45, 2.75) is 25.7 Å². The molecule has 0 amide bonds. The number of phenols is 1. The van der Waals surface area contributed by atoms with Crippen molar-refractivity contribution < 1.29 is 5.11 Å². The number of allylic oxidation sites excluding steroid dienone is 2. The molecule has 0 bridgehead atoms. The molecule has 0 saturated heterocycles. The SMILES string of the molecule is Oc1ccc(C2=CCCCC2)cc1.c1cc2cc-2c1. The molecule has 0 atom stereocenters. The summed E-state index contributed by atoms with van der Waals surface area (Å²) in [6.45, 7) is 0. The zero-order valence-corrected chi connectivity index (χ0v) is 11.0. The van der Waals surface area contributed by atoms with Crippen LogP contribution in [-0.4, -0.2) is 5.11 Å². The van der Waals surface area contributed by atoms with Gasteiger partial charge in [0.1, 0.15) is 5.75 Å². The lowest BCUT2D eigenvalue weighted by Crippen LogP contribution is -1.90. The first-order valence-corrected chi connectivity index (χ1v) is 6.92. The van der Waals surface area contributed by atoms with E-state index in [-0.39, 0.29) is 0 Å². The van der Waals surface area contributed by atoms with Crippen LogP contribution in [0, 0.1) is 0 Å². The Hall–Kier alpha value is -2.02. The van der Waals surface area contributed by atoms with Crippen molar-refractivity contribution in [3.63, 3.8) is 0 Å². The third kappa shape index (κ3) is 3.05. The van der Waals surface area contributed by atoms with Crippen molar-refractivity contribution in [3.8, 4) is 16.9 Å². The average molecular weight is 250 g/mol. The minimum absolute atomic E-state index is 0.347. The summed E-state index contributed by atoms with van der Waals surface area (Å²) in [7, 11) is 0. The van der Waals surface area contributed by atoms with Gasteiger partial charge in [-0.2, -0.15) is 0 Å². The molecule has 1 aromatic rings. The van der Waals surface area contributed by atoms with Crippen molar-refractivity contribution in [1.29, 1.82) is 0 Å². The third-order valence-electron chi connectivity index (χ3n) is 3.64. The van der Waals surface area contributed by atoms with E-state index in [2.05, 4.69) is 30.3 Å². The van der Waals surface area contributed by atoms with Gasteiger partial charge >= 0.3 is 0 Å². The lowest BCUT2D eigenvalue weighted by atomic mass is 9.94. The maximum atomic E-state index is 9.14. The molecule has 0 fully saturated rings. The Balaban J connectivity index is 0.000000151. The molecule has 0 unspecified atom stereocenters. The monoisotopic (exact) mass is 250 g/mol. The second kappa shape index (κ2) is 5.31. The Bertz CT molecular complexity index is 576. The van der Waals surface area contributed by atoms with Gasteiger partial charge in [-0.25, -0.2) is 0 Å². The van der Waals surface area contributed by atoms with Crippen LogP contribution in [0.1, 0.15) is 31.2 Å². The summed E-state index contributed by atoms with van der Waals surface area (Å²) in [5.41, 5.74) is 5.55. The Morgan fingerprint density at radius 3 is 2.00 bits per heavy atom. The first kappa shape index (κ1) is 12.0. The topological polar surface area (TPSA) is 20.2 Å². The molecular weight excluding hydrogens is 232 g/mol.